The molecule has 0 aliphatic carbocycles. The van der Waals surface area contributed by atoms with E-state index in [-0.39, 0.29) is 28.4 Å². The third-order valence-electron chi connectivity index (χ3n) is 6.79. The number of Topliss-reactive ketones (excluding diaryl/α,β-unsaturated/α-hetero) is 1. The molecule has 0 aliphatic heterocycles. The van der Waals surface area contributed by atoms with Gasteiger partial charge in [-0.05, 0) is 64.1 Å². The molecule has 15 nitrogen and oxygen atoms in total. The highest BCUT2D eigenvalue weighted by Gasteiger charge is 2.36. The minimum Gasteiger partial charge on any atom is -0.467 e. The van der Waals surface area contributed by atoms with Crippen LogP contribution in [0.3, 0.4) is 0 Å². The molecule has 1 amide bonds. The number of halogens is 2. The number of ether oxygens (including phenoxy) is 3. The molecule has 272 valence electrons. The number of amides is 1. The monoisotopic (exact) mass is 775 g/mol. The predicted molar refractivity (Wildman–Crippen MR) is 182 cm³/mol. The summed E-state index contributed by atoms with van der Waals surface area (Å²) in [7, 11) is -8.57. The van der Waals surface area contributed by atoms with E-state index in [4.69, 9.17) is 47.0 Å². The minimum atomic E-state index is -4.36. The van der Waals surface area contributed by atoms with E-state index in [1.807, 2.05) is 0 Å². The summed E-state index contributed by atoms with van der Waals surface area (Å²) >= 11 is 12.1. The zero-order chi connectivity index (χ0) is 37.4. The molecule has 1 unspecified atom stereocenters. The molecule has 1 heterocycles. The number of furan rings is 1. The molecule has 0 bridgehead atoms. The molecule has 0 aliphatic rings. The van der Waals surface area contributed by atoms with Gasteiger partial charge in [-0.25, -0.2) is 31.6 Å². The third kappa shape index (κ3) is 11.4. The summed E-state index contributed by atoms with van der Waals surface area (Å²) in [5.41, 5.74) is -0.940. The number of benzene rings is 2. The van der Waals surface area contributed by atoms with Crippen LogP contribution in [0.25, 0.3) is 0 Å². The minimum absolute atomic E-state index is 0.0398. The summed E-state index contributed by atoms with van der Waals surface area (Å²) in [4.78, 5) is 51.8. The Morgan fingerprint density at radius 3 is 2.28 bits per heavy atom. The van der Waals surface area contributed by atoms with Gasteiger partial charge in [-0.2, -0.15) is 0 Å². The van der Waals surface area contributed by atoms with Crippen molar-refractivity contribution in [1.82, 2.24) is 4.90 Å². The van der Waals surface area contributed by atoms with Gasteiger partial charge in [-0.3, -0.25) is 14.5 Å². The summed E-state index contributed by atoms with van der Waals surface area (Å²) in [6, 6.07) is 10.4. The van der Waals surface area contributed by atoms with Crippen LogP contribution in [0.4, 0.5) is 10.5 Å². The highest BCUT2D eigenvalue weighted by atomic mass is 35.5. The van der Waals surface area contributed by atoms with Crippen molar-refractivity contribution in [3.05, 3.63) is 81.7 Å². The molecule has 2 aromatic carbocycles. The van der Waals surface area contributed by atoms with E-state index in [1.165, 1.54) is 19.3 Å². The molecule has 50 heavy (non-hydrogen) atoms. The van der Waals surface area contributed by atoms with E-state index in [0.29, 0.717) is 10.8 Å². The van der Waals surface area contributed by atoms with E-state index in [2.05, 4.69) is 5.32 Å². The Labute approximate surface area is 298 Å². The van der Waals surface area contributed by atoms with E-state index in [0.717, 1.165) is 17.0 Å². The van der Waals surface area contributed by atoms with Gasteiger partial charge in [0.15, 0.2) is 15.6 Å². The maximum absolute atomic E-state index is 13.1. The van der Waals surface area contributed by atoms with E-state index < -0.39 is 85.1 Å². The number of carbonyl (C=O) groups is 4. The van der Waals surface area contributed by atoms with Crippen molar-refractivity contribution in [1.29, 1.82) is 0 Å². The number of carbonyl (C=O) groups excluding carboxylic acids is 4. The fourth-order valence-corrected chi connectivity index (χ4v) is 6.76. The van der Waals surface area contributed by atoms with Crippen molar-refractivity contribution in [2.75, 3.05) is 30.2 Å². The zero-order valence-electron chi connectivity index (χ0n) is 27.3. The van der Waals surface area contributed by atoms with E-state index in [1.54, 1.807) is 51.1 Å². The molecule has 1 atom stereocenters. The SMILES string of the molecule is CC(C(=O)c1cccc(Cl)c1)N(C(=O)OCOC(=O)CS(=O)(=O)CCOC(=O)c1cc(S(N)(=O)=O)c(Cl)cc1NCc1ccco1)C(C)(C)C. The highest BCUT2D eigenvalue weighted by Crippen LogP contribution is 2.29. The lowest BCUT2D eigenvalue weighted by molar-refractivity contribution is -0.149. The second-order valence-electron chi connectivity index (χ2n) is 11.7. The summed E-state index contributed by atoms with van der Waals surface area (Å²) in [5, 5.41) is 8.10. The first-order valence-electron chi connectivity index (χ1n) is 14.6. The Hall–Kier alpha value is -4.16. The van der Waals surface area contributed by atoms with Crippen LogP contribution in [0.1, 0.15) is 54.2 Å². The van der Waals surface area contributed by atoms with Gasteiger partial charge in [-0.15, -0.1) is 0 Å². The molecule has 0 radical (unpaired) electrons. The van der Waals surface area contributed by atoms with Crippen LogP contribution in [0.15, 0.2) is 64.1 Å². The van der Waals surface area contributed by atoms with Gasteiger partial charge in [0, 0.05) is 16.1 Å². The molecular formula is C31H35Cl2N3O12S2. The van der Waals surface area contributed by atoms with Crippen molar-refractivity contribution in [2.24, 2.45) is 5.14 Å². The number of nitrogens with two attached hydrogens (primary N) is 1. The van der Waals surface area contributed by atoms with Gasteiger partial charge in [0.2, 0.25) is 16.8 Å². The summed E-state index contributed by atoms with van der Waals surface area (Å²) in [6.07, 6.45) is 0.413. The summed E-state index contributed by atoms with van der Waals surface area (Å²) in [6.45, 7) is 4.85. The van der Waals surface area contributed by atoms with Crippen LogP contribution < -0.4 is 10.5 Å². The molecule has 0 saturated carbocycles. The van der Waals surface area contributed by atoms with Gasteiger partial charge >= 0.3 is 18.0 Å². The maximum atomic E-state index is 13.1. The maximum Gasteiger partial charge on any atom is 0.413 e. The first kappa shape index (κ1) is 40.3. The number of nitrogens with zero attached hydrogens (tertiary/aromatic N) is 1. The van der Waals surface area contributed by atoms with Crippen LogP contribution in [0.5, 0.6) is 0 Å². The topological polar surface area (TPSA) is 219 Å². The number of ketones is 1. The van der Waals surface area contributed by atoms with Gasteiger partial charge < -0.3 is 23.9 Å². The summed E-state index contributed by atoms with van der Waals surface area (Å²) < 4.78 is 69.2. The molecule has 0 fully saturated rings. The number of hydrogen-bond acceptors (Lipinski definition) is 13. The van der Waals surface area contributed by atoms with Crippen molar-refractivity contribution in [3.63, 3.8) is 0 Å². The lowest BCUT2D eigenvalue weighted by Gasteiger charge is -2.38. The number of sulfonamides is 1. The molecule has 0 spiro atoms. The van der Waals surface area contributed by atoms with E-state index in [9.17, 15) is 36.0 Å². The molecule has 19 heteroatoms. The molecule has 3 N–H and O–H groups in total. The average molecular weight is 777 g/mol. The molecule has 0 saturated heterocycles. The quantitative estimate of drug-likeness (QED) is 0.124. The first-order valence-corrected chi connectivity index (χ1v) is 18.7. The number of nitrogens with one attached hydrogen (secondary N) is 1. The first-order chi connectivity index (χ1) is 23.2. The average Bonchev–Trinajstić information content (AvgIpc) is 3.51. The van der Waals surface area contributed by atoms with Gasteiger partial charge in [-0.1, -0.05) is 35.3 Å². The Kier molecular flexibility index (Phi) is 13.4. The second-order valence-corrected chi connectivity index (χ2v) is 16.2. The molecule has 3 aromatic rings. The van der Waals surface area contributed by atoms with Gasteiger partial charge in [0.25, 0.3) is 0 Å². The lowest BCUT2D eigenvalue weighted by atomic mass is 9.98. The fourth-order valence-electron chi connectivity index (χ4n) is 4.54. The normalized spacial score (nSPS) is 12.5. The summed E-state index contributed by atoms with van der Waals surface area (Å²) in [5.74, 6) is -4.32. The standard InChI is InChI=1S/C31H35Cl2N3O12S2/c1-19(28(38)20-7-5-8-21(32)13-20)36(31(2,3)4)30(40)48-18-47-27(37)17-49(41,42)12-11-46-29(39)23-14-26(50(34,43)44)24(33)15-25(23)35-16-22-9-6-10-45-22/h5-10,13-15,19,35H,11-12,16-18H2,1-4H3,(H2,34,43,44). The zero-order valence-corrected chi connectivity index (χ0v) is 30.4. The highest BCUT2D eigenvalue weighted by molar-refractivity contribution is 7.92. The molecule has 1 aromatic heterocycles. The largest absolute Gasteiger partial charge is 0.467 e. The number of rotatable bonds is 15. The van der Waals surface area contributed by atoms with Gasteiger partial charge in [0.05, 0.1) is 40.9 Å². The Bertz CT molecular complexity index is 1940. The van der Waals surface area contributed by atoms with Crippen molar-refractivity contribution >= 4 is 72.6 Å². The fraction of sp³-hybridized carbons (Fsp3) is 0.355. The Balaban J connectivity index is 1.57. The van der Waals surface area contributed by atoms with Crippen LogP contribution in [0, 0.1) is 0 Å². The number of sulfone groups is 1. The third-order valence-corrected chi connectivity index (χ3v) is 9.87. The number of esters is 2. The Morgan fingerprint density at radius 1 is 0.980 bits per heavy atom. The molecule has 3 rings (SSSR count). The smallest absolute Gasteiger partial charge is 0.413 e. The van der Waals surface area contributed by atoms with Crippen LogP contribution in [0.2, 0.25) is 10.0 Å². The number of hydrogen-bond donors (Lipinski definition) is 2. The van der Waals surface area contributed by atoms with E-state index >= 15 is 0 Å². The predicted octanol–water partition coefficient (Wildman–Crippen LogP) is 4.43. The van der Waals surface area contributed by atoms with Crippen molar-refractivity contribution < 1.29 is 54.6 Å². The van der Waals surface area contributed by atoms with Gasteiger partial charge in [0.1, 0.15) is 23.0 Å². The Morgan fingerprint density at radius 2 is 1.68 bits per heavy atom. The van der Waals surface area contributed by atoms with Crippen LogP contribution in [-0.2, 0) is 45.4 Å². The number of primary sulfonamides is 1. The van der Waals surface area contributed by atoms with Crippen molar-refractivity contribution in [2.45, 2.75) is 50.7 Å². The van der Waals surface area contributed by atoms with Crippen molar-refractivity contribution in [3.8, 4) is 0 Å². The molecular weight excluding hydrogens is 741 g/mol. The second kappa shape index (κ2) is 16.7. The number of anilines is 1. The van der Waals surface area contributed by atoms with Crippen LogP contribution in [-0.4, -0.2) is 82.0 Å². The lowest BCUT2D eigenvalue weighted by Crippen LogP contribution is -2.53. The van der Waals surface area contributed by atoms with Crippen LogP contribution >= 0.6 is 23.2 Å².